The summed E-state index contributed by atoms with van der Waals surface area (Å²) >= 11 is 0. The fraction of sp³-hybridized carbons (Fsp3) is 0.750. The van der Waals surface area contributed by atoms with E-state index in [2.05, 4.69) is 5.32 Å². The third-order valence-corrected chi connectivity index (χ3v) is 4.11. The minimum absolute atomic E-state index is 0.229. The van der Waals surface area contributed by atoms with Gasteiger partial charge < -0.3 is 5.32 Å². The standard InChI is InChI=1S/C16H25NO2/c18-15-12-13(15)8-4-1-2-7-11-16(19)17-14-9-5-3-6-10-14/h12,14H,1-11H2,(H,17,19). The van der Waals surface area contributed by atoms with Gasteiger partial charge in [-0.25, -0.2) is 0 Å². The molecule has 19 heavy (non-hydrogen) atoms. The van der Waals surface area contributed by atoms with E-state index >= 15 is 0 Å². The molecule has 2 rings (SSSR count). The van der Waals surface area contributed by atoms with Crippen LogP contribution in [0.5, 0.6) is 0 Å². The molecule has 3 heteroatoms. The van der Waals surface area contributed by atoms with Crippen molar-refractivity contribution < 1.29 is 4.79 Å². The van der Waals surface area contributed by atoms with E-state index in [1.54, 1.807) is 6.07 Å². The highest BCUT2D eigenvalue weighted by atomic mass is 16.1. The van der Waals surface area contributed by atoms with Crippen molar-refractivity contribution in [2.45, 2.75) is 76.7 Å². The average Bonchev–Trinajstić information content (AvgIpc) is 3.11. The summed E-state index contributed by atoms with van der Waals surface area (Å²) in [7, 11) is 0. The Morgan fingerprint density at radius 3 is 2.47 bits per heavy atom. The highest BCUT2D eigenvalue weighted by molar-refractivity contribution is 5.76. The first-order chi connectivity index (χ1) is 9.25. The summed E-state index contributed by atoms with van der Waals surface area (Å²) in [5.74, 6) is 0.229. The van der Waals surface area contributed by atoms with Crippen LogP contribution in [0.2, 0.25) is 0 Å². The molecule has 1 amide bonds. The fourth-order valence-corrected chi connectivity index (χ4v) is 2.82. The van der Waals surface area contributed by atoms with E-state index in [1.165, 1.54) is 19.3 Å². The zero-order valence-corrected chi connectivity index (χ0v) is 11.7. The Hall–Kier alpha value is -1.12. The molecule has 3 nitrogen and oxygen atoms in total. The molecule has 1 aliphatic rings. The molecule has 0 aliphatic heterocycles. The highest BCUT2D eigenvalue weighted by Crippen LogP contribution is 2.17. The van der Waals surface area contributed by atoms with E-state index < -0.39 is 0 Å². The molecule has 0 saturated heterocycles. The molecule has 0 bridgehead atoms. The minimum Gasteiger partial charge on any atom is -0.353 e. The maximum atomic E-state index is 11.7. The minimum atomic E-state index is 0.229. The molecule has 0 unspecified atom stereocenters. The molecule has 1 saturated carbocycles. The lowest BCUT2D eigenvalue weighted by molar-refractivity contribution is -0.122. The molecule has 1 aliphatic carbocycles. The van der Waals surface area contributed by atoms with Gasteiger partial charge in [0, 0.05) is 18.0 Å². The monoisotopic (exact) mass is 263 g/mol. The number of carbonyl (C=O) groups excluding carboxylic acids is 1. The largest absolute Gasteiger partial charge is 0.353 e. The Kier molecular flexibility index (Phi) is 5.62. The van der Waals surface area contributed by atoms with Crippen LogP contribution in [-0.4, -0.2) is 11.9 Å². The second-order valence-corrected chi connectivity index (χ2v) is 5.85. The number of rotatable bonds is 8. The lowest BCUT2D eigenvalue weighted by Crippen LogP contribution is -2.35. The first-order valence-electron chi connectivity index (χ1n) is 7.80. The van der Waals surface area contributed by atoms with Crippen molar-refractivity contribution in [2.24, 2.45) is 0 Å². The van der Waals surface area contributed by atoms with Crippen LogP contribution in [0.25, 0.3) is 0 Å². The number of aryl methyl sites for hydroxylation is 1. The molecule has 1 N–H and O–H groups in total. The van der Waals surface area contributed by atoms with Crippen LogP contribution < -0.4 is 10.7 Å². The van der Waals surface area contributed by atoms with Gasteiger partial charge >= 0.3 is 0 Å². The smallest absolute Gasteiger partial charge is 0.220 e. The molecule has 0 heterocycles. The molecule has 1 aromatic carbocycles. The van der Waals surface area contributed by atoms with Gasteiger partial charge in [0.25, 0.3) is 0 Å². The summed E-state index contributed by atoms with van der Waals surface area (Å²) in [6.45, 7) is 0. The van der Waals surface area contributed by atoms with E-state index in [0.717, 1.165) is 50.5 Å². The normalized spacial score (nSPS) is 16.8. The van der Waals surface area contributed by atoms with Crippen LogP contribution in [0.4, 0.5) is 0 Å². The predicted molar refractivity (Wildman–Crippen MR) is 76.9 cm³/mol. The van der Waals surface area contributed by atoms with E-state index in [0.29, 0.717) is 12.5 Å². The van der Waals surface area contributed by atoms with Crippen LogP contribution in [-0.2, 0) is 11.2 Å². The molecule has 1 aromatic rings. The van der Waals surface area contributed by atoms with Crippen LogP contribution in [0.1, 0.15) is 69.8 Å². The molecular formula is C16H25NO2. The first-order valence-corrected chi connectivity index (χ1v) is 7.80. The van der Waals surface area contributed by atoms with E-state index in [-0.39, 0.29) is 11.3 Å². The number of carbonyl (C=O) groups is 1. The number of hydrogen-bond donors (Lipinski definition) is 1. The zero-order chi connectivity index (χ0) is 13.5. The Morgan fingerprint density at radius 1 is 1.11 bits per heavy atom. The number of amides is 1. The van der Waals surface area contributed by atoms with Crippen molar-refractivity contribution in [3.05, 3.63) is 21.9 Å². The zero-order valence-electron chi connectivity index (χ0n) is 11.7. The average molecular weight is 263 g/mol. The number of hydrogen-bond acceptors (Lipinski definition) is 2. The quantitative estimate of drug-likeness (QED) is 0.733. The van der Waals surface area contributed by atoms with Crippen LogP contribution in [0, 0.1) is 0 Å². The molecular weight excluding hydrogens is 238 g/mol. The van der Waals surface area contributed by atoms with Crippen molar-refractivity contribution in [1.29, 1.82) is 0 Å². The summed E-state index contributed by atoms with van der Waals surface area (Å²) < 4.78 is 0. The van der Waals surface area contributed by atoms with Gasteiger partial charge in [-0.3, -0.25) is 9.59 Å². The Morgan fingerprint density at radius 2 is 1.79 bits per heavy atom. The van der Waals surface area contributed by atoms with Gasteiger partial charge in [-0.2, -0.15) is 0 Å². The Labute approximate surface area is 115 Å². The van der Waals surface area contributed by atoms with Crippen LogP contribution >= 0.6 is 0 Å². The third-order valence-electron chi connectivity index (χ3n) is 4.11. The predicted octanol–water partition coefficient (Wildman–Crippen LogP) is 2.86. The SMILES string of the molecule is O=C(CCCCCCc1cc1=O)NC1CCCCC1. The van der Waals surface area contributed by atoms with Gasteiger partial charge in [-0.05, 0) is 38.2 Å². The van der Waals surface area contributed by atoms with E-state index in [4.69, 9.17) is 0 Å². The van der Waals surface area contributed by atoms with Gasteiger partial charge in [0.05, 0.1) is 0 Å². The van der Waals surface area contributed by atoms with Gasteiger partial charge in [-0.15, -0.1) is 0 Å². The summed E-state index contributed by atoms with van der Waals surface area (Å²) in [5, 5.41) is 3.15. The second-order valence-electron chi connectivity index (χ2n) is 5.85. The number of unbranched alkanes of at least 4 members (excludes halogenated alkanes) is 3. The molecule has 1 fully saturated rings. The molecule has 0 atom stereocenters. The number of nitrogens with one attached hydrogen (secondary N) is 1. The lowest BCUT2D eigenvalue weighted by atomic mass is 9.95. The lowest BCUT2D eigenvalue weighted by Gasteiger charge is -2.22. The topological polar surface area (TPSA) is 46.2 Å². The first kappa shape index (κ1) is 14.3. The Balaban J connectivity index is 1.43. The van der Waals surface area contributed by atoms with Crippen molar-refractivity contribution in [3.63, 3.8) is 0 Å². The molecule has 0 aromatic heterocycles. The fourth-order valence-electron chi connectivity index (χ4n) is 2.82. The van der Waals surface area contributed by atoms with Crippen molar-refractivity contribution in [1.82, 2.24) is 5.32 Å². The molecule has 106 valence electrons. The molecule has 0 spiro atoms. The highest BCUT2D eigenvalue weighted by Gasteiger charge is 2.15. The second kappa shape index (κ2) is 7.46. The van der Waals surface area contributed by atoms with Gasteiger partial charge in [-0.1, -0.05) is 32.1 Å². The van der Waals surface area contributed by atoms with Gasteiger partial charge in [0.1, 0.15) is 0 Å². The van der Waals surface area contributed by atoms with E-state index in [9.17, 15) is 9.59 Å². The summed E-state index contributed by atoms with van der Waals surface area (Å²) in [4.78, 5) is 22.5. The molecule has 0 radical (unpaired) electrons. The van der Waals surface area contributed by atoms with Crippen molar-refractivity contribution in [2.75, 3.05) is 0 Å². The summed E-state index contributed by atoms with van der Waals surface area (Å²) in [6.07, 6.45) is 12.1. The van der Waals surface area contributed by atoms with Crippen LogP contribution in [0.3, 0.4) is 0 Å². The van der Waals surface area contributed by atoms with Gasteiger partial charge in [0.15, 0.2) is 5.43 Å². The maximum absolute atomic E-state index is 11.7. The van der Waals surface area contributed by atoms with Crippen molar-refractivity contribution in [3.8, 4) is 0 Å². The van der Waals surface area contributed by atoms with Crippen LogP contribution in [0.15, 0.2) is 10.9 Å². The third kappa shape index (κ3) is 5.58. The van der Waals surface area contributed by atoms with E-state index in [1.807, 2.05) is 0 Å². The van der Waals surface area contributed by atoms with Gasteiger partial charge in [0.2, 0.25) is 5.91 Å². The van der Waals surface area contributed by atoms with Crippen molar-refractivity contribution >= 4 is 5.91 Å². The Bertz CT molecular complexity index is 398. The summed E-state index contributed by atoms with van der Waals surface area (Å²) in [6, 6.07) is 2.16. The maximum Gasteiger partial charge on any atom is 0.220 e. The summed E-state index contributed by atoms with van der Waals surface area (Å²) in [5.41, 5.74) is 1.25.